The molecule has 0 bridgehead atoms. The topological polar surface area (TPSA) is 77.0 Å². The normalized spacial score (nSPS) is 12.0. The Morgan fingerprint density at radius 3 is 2.50 bits per heavy atom. The third-order valence-corrected chi connectivity index (χ3v) is 2.38. The van der Waals surface area contributed by atoms with Crippen LogP contribution in [0.2, 0.25) is 0 Å². The highest BCUT2D eigenvalue weighted by atomic mass is 32.1. The van der Waals surface area contributed by atoms with Crippen LogP contribution in [0.3, 0.4) is 0 Å². The van der Waals surface area contributed by atoms with Gasteiger partial charge < -0.3 is 14.8 Å². The van der Waals surface area contributed by atoms with Crippen molar-refractivity contribution in [2.24, 2.45) is 4.99 Å². The molecule has 114 valence electrons. The molecule has 0 aromatic heterocycles. The first-order valence-corrected chi connectivity index (χ1v) is 6.82. The van der Waals surface area contributed by atoms with Crippen LogP contribution in [0.5, 0.6) is 0 Å². The molecule has 0 radical (unpaired) electrons. The van der Waals surface area contributed by atoms with E-state index < -0.39 is 23.7 Å². The highest BCUT2D eigenvalue weighted by Gasteiger charge is 2.24. The number of esters is 1. The quantitative estimate of drug-likeness (QED) is 0.338. The molecule has 0 heterocycles. The fourth-order valence-corrected chi connectivity index (χ4v) is 1.52. The second-order valence-corrected chi connectivity index (χ2v) is 5.37. The lowest BCUT2D eigenvalue weighted by molar-refractivity contribution is -0.143. The number of nitrogens with one attached hydrogen (secondary N) is 1. The highest BCUT2D eigenvalue weighted by molar-refractivity contribution is 7.78. The second-order valence-electron chi connectivity index (χ2n) is 5.19. The zero-order chi connectivity index (χ0) is 15.6. The van der Waals surface area contributed by atoms with Gasteiger partial charge in [0.15, 0.2) is 0 Å². The number of aliphatic imine (C=N–C) groups is 1. The predicted molar refractivity (Wildman–Crippen MR) is 78.9 cm³/mol. The Kier molecular flexibility index (Phi) is 8.76. The maximum Gasteiger partial charge on any atom is 0.408 e. The molecular formula is C13H22N2O4S. The van der Waals surface area contributed by atoms with E-state index in [-0.39, 0.29) is 0 Å². The summed E-state index contributed by atoms with van der Waals surface area (Å²) in [5, 5.41) is 4.79. The molecule has 0 spiro atoms. The van der Waals surface area contributed by atoms with Crippen LogP contribution in [0.25, 0.3) is 0 Å². The van der Waals surface area contributed by atoms with Crippen molar-refractivity contribution >= 4 is 29.4 Å². The minimum atomic E-state index is -0.716. The van der Waals surface area contributed by atoms with E-state index in [4.69, 9.17) is 4.74 Å². The number of carbonyl (C=O) groups excluding carboxylic acids is 2. The van der Waals surface area contributed by atoms with Crippen LogP contribution in [0.1, 0.15) is 40.0 Å². The lowest BCUT2D eigenvalue weighted by Gasteiger charge is -2.22. The molecule has 0 saturated carbocycles. The Hall–Kier alpha value is -1.46. The summed E-state index contributed by atoms with van der Waals surface area (Å²) in [5.41, 5.74) is -0.612. The van der Waals surface area contributed by atoms with Gasteiger partial charge in [0.25, 0.3) is 0 Å². The van der Waals surface area contributed by atoms with Gasteiger partial charge in [-0.3, -0.25) is 0 Å². The number of amides is 1. The molecule has 20 heavy (non-hydrogen) atoms. The largest absolute Gasteiger partial charge is 0.467 e. The molecule has 1 atom stereocenters. The average molecular weight is 302 g/mol. The number of hydrogen-bond donors (Lipinski definition) is 1. The lowest BCUT2D eigenvalue weighted by Crippen LogP contribution is -2.44. The van der Waals surface area contributed by atoms with E-state index in [2.05, 4.69) is 32.4 Å². The maximum absolute atomic E-state index is 11.6. The van der Waals surface area contributed by atoms with E-state index in [0.29, 0.717) is 19.4 Å². The van der Waals surface area contributed by atoms with Crippen molar-refractivity contribution in [2.75, 3.05) is 13.7 Å². The predicted octanol–water partition coefficient (Wildman–Crippen LogP) is 2.33. The zero-order valence-corrected chi connectivity index (χ0v) is 13.2. The Bertz CT molecular complexity index is 373. The Morgan fingerprint density at radius 2 is 2.00 bits per heavy atom. The van der Waals surface area contributed by atoms with Crippen molar-refractivity contribution < 1.29 is 19.1 Å². The Labute approximate surface area is 124 Å². The minimum absolute atomic E-state index is 0.457. The molecule has 1 amide bonds. The molecule has 1 N–H and O–H groups in total. The number of carbonyl (C=O) groups is 2. The summed E-state index contributed by atoms with van der Waals surface area (Å²) in [6.45, 7) is 5.82. The molecule has 0 rings (SSSR count). The first kappa shape index (κ1) is 18.5. The van der Waals surface area contributed by atoms with E-state index in [1.54, 1.807) is 20.8 Å². The van der Waals surface area contributed by atoms with Crippen LogP contribution in [0.15, 0.2) is 4.99 Å². The lowest BCUT2D eigenvalue weighted by atomic mass is 10.1. The number of alkyl carbamates (subject to hydrolysis) is 1. The number of methoxy groups -OCH3 is 1. The van der Waals surface area contributed by atoms with Gasteiger partial charge in [0, 0.05) is 6.54 Å². The van der Waals surface area contributed by atoms with E-state index in [9.17, 15) is 9.59 Å². The number of isothiocyanates is 1. The van der Waals surface area contributed by atoms with Gasteiger partial charge in [-0.2, -0.15) is 0 Å². The van der Waals surface area contributed by atoms with Gasteiger partial charge in [0.1, 0.15) is 11.6 Å². The van der Waals surface area contributed by atoms with Crippen LogP contribution in [0.4, 0.5) is 4.79 Å². The fraction of sp³-hybridized carbons (Fsp3) is 0.769. The summed E-state index contributed by atoms with van der Waals surface area (Å²) in [7, 11) is 1.28. The molecule has 6 nitrogen and oxygen atoms in total. The summed E-state index contributed by atoms with van der Waals surface area (Å²) in [4.78, 5) is 27.0. The smallest absolute Gasteiger partial charge is 0.408 e. The number of thiocarbonyl (C=S) groups is 1. The van der Waals surface area contributed by atoms with Crippen LogP contribution in [-0.2, 0) is 14.3 Å². The van der Waals surface area contributed by atoms with Crippen LogP contribution in [-0.4, -0.2) is 42.5 Å². The highest BCUT2D eigenvalue weighted by Crippen LogP contribution is 2.09. The molecule has 0 aliphatic heterocycles. The van der Waals surface area contributed by atoms with E-state index >= 15 is 0 Å². The number of hydrogen-bond acceptors (Lipinski definition) is 6. The molecule has 0 aromatic rings. The van der Waals surface area contributed by atoms with Gasteiger partial charge in [-0.05, 0) is 52.3 Å². The fourth-order valence-electron chi connectivity index (χ4n) is 1.43. The van der Waals surface area contributed by atoms with E-state index in [1.165, 1.54) is 7.11 Å². The van der Waals surface area contributed by atoms with Crippen molar-refractivity contribution in [1.29, 1.82) is 0 Å². The standard InChI is InChI=1S/C13H22N2O4S/c1-13(2,3)19-12(17)15-10(11(16)18-4)7-5-6-8-14-9-20/h10H,5-8H2,1-4H3,(H,15,17)/t10-/m0/s1. The third kappa shape index (κ3) is 9.47. The van der Waals surface area contributed by atoms with Crippen molar-refractivity contribution in [1.82, 2.24) is 5.32 Å². The van der Waals surface area contributed by atoms with Crippen molar-refractivity contribution in [3.8, 4) is 0 Å². The summed E-state index contributed by atoms with van der Waals surface area (Å²) in [6.07, 6.45) is 1.28. The first-order valence-electron chi connectivity index (χ1n) is 6.41. The molecule has 0 aromatic carbocycles. The van der Waals surface area contributed by atoms with Gasteiger partial charge in [0.2, 0.25) is 0 Å². The number of nitrogens with zero attached hydrogens (tertiary/aromatic N) is 1. The summed E-state index contributed by atoms with van der Waals surface area (Å²) in [5.74, 6) is -0.491. The van der Waals surface area contributed by atoms with E-state index in [1.807, 2.05) is 0 Å². The molecule has 0 fully saturated rings. The molecule has 0 aliphatic rings. The van der Waals surface area contributed by atoms with Crippen LogP contribution < -0.4 is 5.32 Å². The average Bonchev–Trinajstić information content (AvgIpc) is 2.34. The molecule has 0 saturated heterocycles. The monoisotopic (exact) mass is 302 g/mol. The van der Waals surface area contributed by atoms with Gasteiger partial charge in [-0.1, -0.05) is 0 Å². The summed E-state index contributed by atoms with van der Waals surface area (Å²) >= 11 is 4.46. The van der Waals surface area contributed by atoms with Gasteiger partial charge in [0.05, 0.1) is 12.3 Å². The van der Waals surface area contributed by atoms with E-state index in [0.717, 1.165) is 6.42 Å². The maximum atomic E-state index is 11.6. The van der Waals surface area contributed by atoms with Crippen LogP contribution in [0, 0.1) is 0 Å². The SMILES string of the molecule is COC(=O)[C@H](CCCCN=C=S)NC(=O)OC(C)(C)C. The summed E-state index contributed by atoms with van der Waals surface area (Å²) < 4.78 is 9.77. The van der Waals surface area contributed by atoms with Crippen molar-refractivity contribution in [3.63, 3.8) is 0 Å². The zero-order valence-electron chi connectivity index (χ0n) is 12.4. The first-order chi connectivity index (χ1) is 9.30. The Balaban J connectivity index is 4.31. The molecule has 0 unspecified atom stereocenters. The molecule has 0 aliphatic carbocycles. The summed E-state index contributed by atoms with van der Waals surface area (Å²) in [6, 6.07) is -0.716. The van der Waals surface area contributed by atoms with Crippen LogP contribution >= 0.6 is 12.2 Å². The van der Waals surface area contributed by atoms with Crippen molar-refractivity contribution in [3.05, 3.63) is 0 Å². The molecule has 7 heteroatoms. The van der Waals surface area contributed by atoms with Gasteiger partial charge in [-0.15, -0.1) is 0 Å². The third-order valence-electron chi connectivity index (χ3n) is 2.25. The number of rotatable bonds is 7. The Morgan fingerprint density at radius 1 is 1.35 bits per heavy atom. The minimum Gasteiger partial charge on any atom is -0.467 e. The number of ether oxygens (including phenoxy) is 2. The number of unbranched alkanes of at least 4 members (excludes halogenated alkanes) is 1. The van der Waals surface area contributed by atoms with Gasteiger partial charge >= 0.3 is 12.1 Å². The second kappa shape index (κ2) is 9.44. The van der Waals surface area contributed by atoms with Gasteiger partial charge in [-0.25, -0.2) is 14.6 Å². The van der Waals surface area contributed by atoms with Crippen molar-refractivity contribution in [2.45, 2.75) is 51.7 Å². The molecular weight excluding hydrogens is 280 g/mol.